The second-order valence-corrected chi connectivity index (χ2v) is 5.39. The molecule has 0 spiro atoms. The summed E-state index contributed by atoms with van der Waals surface area (Å²) in [5.41, 5.74) is 1.59. The normalized spacial score (nSPS) is 15.1. The molecule has 0 saturated heterocycles. The molecule has 1 aromatic rings. The predicted molar refractivity (Wildman–Crippen MR) is 69.8 cm³/mol. The number of benzene rings is 1. The van der Waals surface area contributed by atoms with Crippen molar-refractivity contribution in [3.63, 3.8) is 0 Å². The summed E-state index contributed by atoms with van der Waals surface area (Å²) in [7, 11) is 0. The minimum Gasteiger partial charge on any atom is -0.508 e. The van der Waals surface area contributed by atoms with E-state index in [1.54, 1.807) is 12.1 Å². The van der Waals surface area contributed by atoms with Crippen molar-refractivity contribution < 1.29 is 5.11 Å². The van der Waals surface area contributed by atoms with Gasteiger partial charge >= 0.3 is 0 Å². The zero-order valence-electron chi connectivity index (χ0n) is 11.0. The summed E-state index contributed by atoms with van der Waals surface area (Å²) in [6.45, 7) is 9.11. The Kier molecular flexibility index (Phi) is 4.40. The minimum atomic E-state index is 0.248. The number of phenols is 1. The zero-order chi connectivity index (χ0) is 12.2. The van der Waals surface area contributed by atoms with Crippen molar-refractivity contribution in [2.24, 2.45) is 5.92 Å². The second kappa shape index (κ2) is 5.38. The number of hydrogen-bond acceptors (Lipinski definition) is 1. The Balaban J connectivity index is 2.82. The molecule has 0 aliphatic heterocycles. The van der Waals surface area contributed by atoms with Gasteiger partial charge in [0.2, 0.25) is 0 Å². The average molecular weight is 220 g/mol. The maximum absolute atomic E-state index is 9.31. The van der Waals surface area contributed by atoms with Crippen LogP contribution in [-0.4, -0.2) is 5.11 Å². The van der Waals surface area contributed by atoms with E-state index in [1.807, 2.05) is 0 Å². The van der Waals surface area contributed by atoms with E-state index in [-0.39, 0.29) is 5.41 Å². The SMILES string of the molecule is CCC(C)(CCC(C)C)c1ccc(O)cc1. The molecule has 1 atom stereocenters. The fourth-order valence-corrected chi connectivity index (χ4v) is 2.00. The first kappa shape index (κ1) is 13.1. The molecule has 0 aliphatic carbocycles. The van der Waals surface area contributed by atoms with Gasteiger partial charge in [0.05, 0.1) is 0 Å². The van der Waals surface area contributed by atoms with E-state index in [4.69, 9.17) is 0 Å². The van der Waals surface area contributed by atoms with E-state index < -0.39 is 0 Å². The van der Waals surface area contributed by atoms with Crippen molar-refractivity contribution in [3.05, 3.63) is 29.8 Å². The van der Waals surface area contributed by atoms with Gasteiger partial charge in [-0.25, -0.2) is 0 Å². The number of hydrogen-bond donors (Lipinski definition) is 1. The standard InChI is InChI=1S/C15H24O/c1-5-15(4,11-10-12(2)3)13-6-8-14(16)9-7-13/h6-9,12,16H,5,10-11H2,1-4H3. The summed E-state index contributed by atoms with van der Waals surface area (Å²) in [6, 6.07) is 7.69. The highest BCUT2D eigenvalue weighted by Crippen LogP contribution is 2.34. The first-order valence-electron chi connectivity index (χ1n) is 6.27. The van der Waals surface area contributed by atoms with Gasteiger partial charge in [0.15, 0.2) is 0 Å². The molecule has 0 saturated carbocycles. The number of phenolic OH excluding ortho intramolecular Hbond substituents is 1. The third kappa shape index (κ3) is 3.26. The number of rotatable bonds is 5. The maximum Gasteiger partial charge on any atom is 0.115 e. The lowest BCUT2D eigenvalue weighted by Gasteiger charge is -2.30. The minimum absolute atomic E-state index is 0.248. The second-order valence-electron chi connectivity index (χ2n) is 5.39. The molecule has 0 bridgehead atoms. The van der Waals surface area contributed by atoms with Crippen LogP contribution in [0.1, 0.15) is 52.5 Å². The fourth-order valence-electron chi connectivity index (χ4n) is 2.00. The molecule has 1 N–H and O–H groups in total. The first-order chi connectivity index (χ1) is 7.48. The average Bonchev–Trinajstić information content (AvgIpc) is 2.27. The van der Waals surface area contributed by atoms with Crippen molar-refractivity contribution in [1.82, 2.24) is 0 Å². The van der Waals surface area contributed by atoms with Crippen LogP contribution in [0.4, 0.5) is 0 Å². The van der Waals surface area contributed by atoms with Crippen LogP contribution in [0.15, 0.2) is 24.3 Å². The van der Waals surface area contributed by atoms with Gasteiger partial charge in [-0.05, 0) is 41.9 Å². The molecule has 0 heterocycles. The molecule has 0 radical (unpaired) electrons. The summed E-state index contributed by atoms with van der Waals surface area (Å²) in [4.78, 5) is 0. The van der Waals surface area contributed by atoms with E-state index in [9.17, 15) is 5.11 Å². The highest BCUT2D eigenvalue weighted by atomic mass is 16.3. The van der Waals surface area contributed by atoms with Crippen LogP contribution in [0.2, 0.25) is 0 Å². The van der Waals surface area contributed by atoms with Gasteiger partial charge in [-0.2, -0.15) is 0 Å². The lowest BCUT2D eigenvalue weighted by Crippen LogP contribution is -2.21. The fraction of sp³-hybridized carbons (Fsp3) is 0.600. The summed E-state index contributed by atoms with van der Waals surface area (Å²) in [6.07, 6.45) is 3.61. The van der Waals surface area contributed by atoms with Crippen LogP contribution in [0.5, 0.6) is 5.75 Å². The molecule has 0 aliphatic rings. The van der Waals surface area contributed by atoms with Gasteiger partial charge in [-0.15, -0.1) is 0 Å². The molecule has 90 valence electrons. The van der Waals surface area contributed by atoms with Gasteiger partial charge in [0.1, 0.15) is 5.75 Å². The van der Waals surface area contributed by atoms with E-state index in [2.05, 4.69) is 39.8 Å². The van der Waals surface area contributed by atoms with Crippen LogP contribution < -0.4 is 0 Å². The monoisotopic (exact) mass is 220 g/mol. The van der Waals surface area contributed by atoms with Crippen LogP contribution in [0.3, 0.4) is 0 Å². The van der Waals surface area contributed by atoms with Crippen molar-refractivity contribution in [2.45, 2.75) is 52.4 Å². The van der Waals surface area contributed by atoms with Gasteiger partial charge in [-0.1, -0.05) is 46.2 Å². The maximum atomic E-state index is 9.31. The summed E-state index contributed by atoms with van der Waals surface area (Å²) in [5, 5.41) is 9.31. The highest BCUT2D eigenvalue weighted by molar-refractivity contribution is 5.31. The van der Waals surface area contributed by atoms with Crippen molar-refractivity contribution >= 4 is 0 Å². The summed E-state index contributed by atoms with van der Waals surface area (Å²) >= 11 is 0. The molecule has 1 unspecified atom stereocenters. The molecule has 1 aromatic carbocycles. The summed E-state index contributed by atoms with van der Waals surface area (Å²) in [5.74, 6) is 1.11. The van der Waals surface area contributed by atoms with Crippen molar-refractivity contribution in [3.8, 4) is 5.75 Å². The van der Waals surface area contributed by atoms with E-state index in [0.29, 0.717) is 5.75 Å². The summed E-state index contributed by atoms with van der Waals surface area (Å²) < 4.78 is 0. The van der Waals surface area contributed by atoms with E-state index in [0.717, 1.165) is 12.3 Å². The molecule has 1 rings (SSSR count). The topological polar surface area (TPSA) is 20.2 Å². The quantitative estimate of drug-likeness (QED) is 0.774. The Morgan fingerprint density at radius 1 is 1.19 bits per heavy atom. The Morgan fingerprint density at radius 3 is 2.19 bits per heavy atom. The molecule has 1 nitrogen and oxygen atoms in total. The van der Waals surface area contributed by atoms with E-state index in [1.165, 1.54) is 18.4 Å². The lowest BCUT2D eigenvalue weighted by molar-refractivity contribution is 0.373. The molecule has 16 heavy (non-hydrogen) atoms. The van der Waals surface area contributed by atoms with E-state index >= 15 is 0 Å². The molecule has 0 fully saturated rings. The third-order valence-electron chi connectivity index (χ3n) is 3.62. The molecule has 0 aromatic heterocycles. The zero-order valence-corrected chi connectivity index (χ0v) is 11.0. The van der Waals surface area contributed by atoms with Crippen LogP contribution in [0.25, 0.3) is 0 Å². The number of aromatic hydroxyl groups is 1. The molecular weight excluding hydrogens is 196 g/mol. The van der Waals surface area contributed by atoms with Gasteiger partial charge in [0.25, 0.3) is 0 Å². The van der Waals surface area contributed by atoms with Crippen LogP contribution in [-0.2, 0) is 5.41 Å². The van der Waals surface area contributed by atoms with Crippen molar-refractivity contribution in [2.75, 3.05) is 0 Å². The third-order valence-corrected chi connectivity index (χ3v) is 3.62. The Morgan fingerprint density at radius 2 is 1.75 bits per heavy atom. The first-order valence-corrected chi connectivity index (χ1v) is 6.27. The molecule has 1 heteroatoms. The van der Waals surface area contributed by atoms with Crippen LogP contribution >= 0.6 is 0 Å². The van der Waals surface area contributed by atoms with Gasteiger partial charge in [-0.3, -0.25) is 0 Å². The molecular formula is C15H24O. The smallest absolute Gasteiger partial charge is 0.115 e. The largest absolute Gasteiger partial charge is 0.508 e. The van der Waals surface area contributed by atoms with Crippen molar-refractivity contribution in [1.29, 1.82) is 0 Å². The van der Waals surface area contributed by atoms with Gasteiger partial charge in [0, 0.05) is 0 Å². The Bertz CT molecular complexity index is 313. The lowest BCUT2D eigenvalue weighted by atomic mass is 9.75. The van der Waals surface area contributed by atoms with Gasteiger partial charge < -0.3 is 5.11 Å². The van der Waals surface area contributed by atoms with Crippen LogP contribution in [0, 0.1) is 5.92 Å². The molecule has 0 amide bonds. The Labute approximate surface area is 99.5 Å². The predicted octanol–water partition coefficient (Wildman–Crippen LogP) is 4.50. The highest BCUT2D eigenvalue weighted by Gasteiger charge is 2.24. The Hall–Kier alpha value is -0.980.